The first kappa shape index (κ1) is 15.5. The van der Waals surface area contributed by atoms with E-state index < -0.39 is 23.7 Å². The molecule has 1 heterocycles. The molecule has 2 atom stereocenters. The summed E-state index contributed by atoms with van der Waals surface area (Å²) in [4.78, 5) is 24.3. The van der Waals surface area contributed by atoms with Crippen LogP contribution in [0.2, 0.25) is 0 Å². The van der Waals surface area contributed by atoms with E-state index in [-0.39, 0.29) is 19.1 Å². The Morgan fingerprint density at radius 3 is 2.58 bits per heavy atom. The minimum atomic E-state index is -1.05. The Bertz CT molecular complexity index is 361. The minimum Gasteiger partial charge on any atom is -0.480 e. The monoisotopic (exact) mass is 271 g/mol. The molecule has 0 spiro atoms. The van der Waals surface area contributed by atoms with Crippen molar-refractivity contribution >= 4 is 12.1 Å². The number of aliphatic carboxylic acids is 1. The van der Waals surface area contributed by atoms with Gasteiger partial charge in [-0.1, -0.05) is 6.08 Å². The fraction of sp³-hybridized carbons (Fsp3) is 0.692. The third kappa shape index (κ3) is 4.55. The lowest BCUT2D eigenvalue weighted by atomic mass is 10.2. The van der Waals surface area contributed by atoms with Gasteiger partial charge in [0.15, 0.2) is 0 Å². The summed E-state index contributed by atoms with van der Waals surface area (Å²) < 4.78 is 10.6. The van der Waals surface area contributed by atoms with E-state index in [1.54, 1.807) is 26.8 Å². The van der Waals surface area contributed by atoms with E-state index in [0.717, 1.165) is 0 Å². The third-order valence-corrected chi connectivity index (χ3v) is 2.63. The number of likely N-dealkylation sites (tertiary alicyclic amines) is 1. The number of hydrogen-bond acceptors (Lipinski definition) is 4. The molecule has 6 nitrogen and oxygen atoms in total. The second-order valence-corrected chi connectivity index (χ2v) is 5.47. The van der Waals surface area contributed by atoms with Gasteiger partial charge in [-0.15, -0.1) is 6.58 Å². The Balaban J connectivity index is 2.70. The van der Waals surface area contributed by atoms with E-state index in [0.29, 0.717) is 6.61 Å². The summed E-state index contributed by atoms with van der Waals surface area (Å²) in [5.74, 6) is -1.05. The average Bonchev–Trinajstić information content (AvgIpc) is 2.68. The first-order chi connectivity index (χ1) is 8.74. The summed E-state index contributed by atoms with van der Waals surface area (Å²) in [6.45, 7) is 9.30. The summed E-state index contributed by atoms with van der Waals surface area (Å²) in [7, 11) is 0. The van der Waals surface area contributed by atoms with Crippen LogP contribution in [0.5, 0.6) is 0 Å². The molecule has 1 amide bonds. The van der Waals surface area contributed by atoms with E-state index >= 15 is 0 Å². The summed E-state index contributed by atoms with van der Waals surface area (Å²) in [6, 6.07) is -0.898. The smallest absolute Gasteiger partial charge is 0.411 e. The number of rotatable bonds is 4. The molecule has 0 aliphatic carbocycles. The zero-order valence-corrected chi connectivity index (χ0v) is 11.6. The van der Waals surface area contributed by atoms with Crippen LogP contribution in [0.4, 0.5) is 4.79 Å². The van der Waals surface area contributed by atoms with Gasteiger partial charge in [0.1, 0.15) is 11.6 Å². The molecule has 0 radical (unpaired) electrons. The molecule has 1 N–H and O–H groups in total. The number of ether oxygens (including phenoxy) is 2. The molecule has 1 fully saturated rings. The standard InChI is InChI=1S/C13H21NO5/c1-5-6-18-9-7-10(11(15)16)14(8-9)12(17)19-13(2,3)4/h5,9-10H,1,6-8H2,2-4H3,(H,15,16)/t9-,10+/m1/s1. The van der Waals surface area contributed by atoms with E-state index in [2.05, 4.69) is 6.58 Å². The summed E-state index contributed by atoms with van der Waals surface area (Å²) in [5.41, 5.74) is -0.653. The Labute approximate surface area is 113 Å². The molecule has 1 rings (SSSR count). The molecule has 1 aliphatic rings. The molecular formula is C13H21NO5. The van der Waals surface area contributed by atoms with Gasteiger partial charge in [-0.2, -0.15) is 0 Å². The van der Waals surface area contributed by atoms with Crippen molar-refractivity contribution in [2.75, 3.05) is 13.2 Å². The van der Waals surface area contributed by atoms with Gasteiger partial charge in [-0.3, -0.25) is 4.90 Å². The van der Waals surface area contributed by atoms with Crippen LogP contribution in [-0.4, -0.2) is 53.0 Å². The Morgan fingerprint density at radius 1 is 1.47 bits per heavy atom. The lowest BCUT2D eigenvalue weighted by Gasteiger charge is -2.26. The number of carboxylic acid groups (broad SMARTS) is 1. The third-order valence-electron chi connectivity index (χ3n) is 2.63. The SMILES string of the molecule is C=CCO[C@@H]1C[C@@H](C(=O)O)N(C(=O)OC(C)(C)C)C1. The van der Waals surface area contributed by atoms with Crippen molar-refractivity contribution in [3.8, 4) is 0 Å². The molecular weight excluding hydrogens is 250 g/mol. The molecule has 108 valence electrons. The number of carbonyl (C=O) groups excluding carboxylic acids is 1. The van der Waals surface area contributed by atoms with Crippen LogP contribution in [0, 0.1) is 0 Å². The van der Waals surface area contributed by atoms with Gasteiger partial charge < -0.3 is 14.6 Å². The number of carbonyl (C=O) groups is 2. The molecule has 19 heavy (non-hydrogen) atoms. The highest BCUT2D eigenvalue weighted by Crippen LogP contribution is 2.23. The first-order valence-corrected chi connectivity index (χ1v) is 6.19. The molecule has 1 saturated heterocycles. The van der Waals surface area contributed by atoms with Gasteiger partial charge in [-0.25, -0.2) is 9.59 Å². The lowest BCUT2D eigenvalue weighted by Crippen LogP contribution is -2.43. The number of carboxylic acids is 1. The van der Waals surface area contributed by atoms with E-state index in [1.807, 2.05) is 0 Å². The molecule has 1 aliphatic heterocycles. The molecule has 0 aromatic heterocycles. The maximum Gasteiger partial charge on any atom is 0.411 e. The molecule has 0 saturated carbocycles. The fourth-order valence-electron chi connectivity index (χ4n) is 1.88. The van der Waals surface area contributed by atoms with Crippen LogP contribution < -0.4 is 0 Å². The molecule has 0 unspecified atom stereocenters. The predicted octanol–water partition coefficient (Wildman–Crippen LogP) is 1.65. The summed E-state index contributed by atoms with van der Waals surface area (Å²) in [5, 5.41) is 9.15. The van der Waals surface area contributed by atoms with Crippen molar-refractivity contribution in [1.82, 2.24) is 4.90 Å². The maximum absolute atomic E-state index is 12.0. The largest absolute Gasteiger partial charge is 0.480 e. The van der Waals surface area contributed by atoms with Gasteiger partial charge in [-0.05, 0) is 20.8 Å². The van der Waals surface area contributed by atoms with Gasteiger partial charge in [0.05, 0.1) is 19.3 Å². The van der Waals surface area contributed by atoms with Crippen LogP contribution in [0.3, 0.4) is 0 Å². The van der Waals surface area contributed by atoms with Crippen molar-refractivity contribution < 1.29 is 24.2 Å². The number of hydrogen-bond donors (Lipinski definition) is 1. The van der Waals surface area contributed by atoms with Crippen molar-refractivity contribution in [3.63, 3.8) is 0 Å². The molecule has 0 bridgehead atoms. The van der Waals surface area contributed by atoms with Crippen LogP contribution in [0.1, 0.15) is 27.2 Å². The molecule has 0 aromatic carbocycles. The van der Waals surface area contributed by atoms with Gasteiger partial charge in [0, 0.05) is 6.42 Å². The Morgan fingerprint density at radius 2 is 2.11 bits per heavy atom. The van der Waals surface area contributed by atoms with E-state index in [9.17, 15) is 9.59 Å². The maximum atomic E-state index is 12.0. The zero-order chi connectivity index (χ0) is 14.6. The van der Waals surface area contributed by atoms with Crippen LogP contribution >= 0.6 is 0 Å². The van der Waals surface area contributed by atoms with Gasteiger partial charge >= 0.3 is 12.1 Å². The second-order valence-electron chi connectivity index (χ2n) is 5.47. The number of amides is 1. The quantitative estimate of drug-likeness (QED) is 0.787. The summed E-state index contributed by atoms with van der Waals surface area (Å²) in [6.07, 6.45) is 0.935. The van der Waals surface area contributed by atoms with Crippen LogP contribution in [0.25, 0.3) is 0 Å². The second kappa shape index (κ2) is 6.06. The van der Waals surface area contributed by atoms with Crippen molar-refractivity contribution in [1.29, 1.82) is 0 Å². The van der Waals surface area contributed by atoms with Crippen LogP contribution in [-0.2, 0) is 14.3 Å². The highest BCUT2D eigenvalue weighted by molar-refractivity contribution is 5.81. The minimum absolute atomic E-state index is 0.222. The fourth-order valence-corrected chi connectivity index (χ4v) is 1.88. The van der Waals surface area contributed by atoms with Gasteiger partial charge in [0.2, 0.25) is 0 Å². The van der Waals surface area contributed by atoms with E-state index in [4.69, 9.17) is 14.6 Å². The highest BCUT2D eigenvalue weighted by Gasteiger charge is 2.41. The molecule has 6 heteroatoms. The average molecular weight is 271 g/mol. The van der Waals surface area contributed by atoms with E-state index in [1.165, 1.54) is 4.90 Å². The van der Waals surface area contributed by atoms with Crippen molar-refractivity contribution in [2.45, 2.75) is 44.9 Å². The van der Waals surface area contributed by atoms with Gasteiger partial charge in [0.25, 0.3) is 0 Å². The lowest BCUT2D eigenvalue weighted by molar-refractivity contribution is -0.142. The Hall–Kier alpha value is -1.56. The zero-order valence-electron chi connectivity index (χ0n) is 11.6. The summed E-state index contributed by atoms with van der Waals surface area (Å²) >= 11 is 0. The Kier molecular flexibility index (Phi) is 4.94. The normalized spacial score (nSPS) is 23.2. The highest BCUT2D eigenvalue weighted by atomic mass is 16.6. The topological polar surface area (TPSA) is 76.1 Å². The molecule has 0 aromatic rings. The number of nitrogens with zero attached hydrogens (tertiary/aromatic N) is 1. The predicted molar refractivity (Wildman–Crippen MR) is 68.9 cm³/mol. The van der Waals surface area contributed by atoms with Crippen LogP contribution in [0.15, 0.2) is 12.7 Å². The first-order valence-electron chi connectivity index (χ1n) is 6.19. The van der Waals surface area contributed by atoms with Crippen molar-refractivity contribution in [3.05, 3.63) is 12.7 Å². The van der Waals surface area contributed by atoms with Crippen molar-refractivity contribution in [2.24, 2.45) is 0 Å².